The Balaban J connectivity index is 1.78. The second-order valence-electron chi connectivity index (χ2n) is 5.51. The monoisotopic (exact) mass is 397 g/mol. The number of amides is 1. The van der Waals surface area contributed by atoms with Gasteiger partial charge in [0.15, 0.2) is 5.82 Å². The maximum Gasteiger partial charge on any atom is 0.260 e. The van der Waals surface area contributed by atoms with E-state index in [1.165, 1.54) is 0 Å². The van der Waals surface area contributed by atoms with Gasteiger partial charge in [-0.25, -0.2) is 0 Å². The fourth-order valence-electron chi connectivity index (χ4n) is 2.38. The van der Waals surface area contributed by atoms with E-state index >= 15 is 0 Å². The summed E-state index contributed by atoms with van der Waals surface area (Å²) < 4.78 is 3.18. The van der Waals surface area contributed by atoms with Crippen LogP contribution in [0, 0.1) is 6.92 Å². The van der Waals surface area contributed by atoms with Crippen LogP contribution in [0.2, 0.25) is 15.1 Å². The maximum atomic E-state index is 12.4. The quantitative estimate of drug-likeness (QED) is 0.717. The topological polar surface area (TPSA) is 64.7 Å². The van der Waals surface area contributed by atoms with E-state index in [0.29, 0.717) is 32.9 Å². The molecule has 9 heteroatoms. The Morgan fingerprint density at radius 2 is 1.92 bits per heavy atom. The van der Waals surface area contributed by atoms with Crippen molar-refractivity contribution < 1.29 is 4.79 Å². The number of nitrogens with one attached hydrogen (secondary N) is 1. The van der Waals surface area contributed by atoms with Crippen molar-refractivity contribution in [3.05, 3.63) is 62.5 Å². The van der Waals surface area contributed by atoms with Crippen LogP contribution in [-0.4, -0.2) is 25.5 Å². The van der Waals surface area contributed by atoms with Crippen LogP contribution in [0.25, 0.3) is 0 Å². The second kappa shape index (κ2) is 7.07. The number of nitrogens with zero attached hydrogens (tertiary/aromatic N) is 4. The van der Waals surface area contributed by atoms with Crippen LogP contribution < -0.4 is 5.32 Å². The summed E-state index contributed by atoms with van der Waals surface area (Å²) in [6.45, 7) is 2.16. The molecule has 0 spiro atoms. The molecule has 2 heterocycles. The number of rotatable bonds is 4. The maximum absolute atomic E-state index is 12.4. The smallest absolute Gasteiger partial charge is 0.260 e. The molecular weight excluding hydrogens is 385 g/mol. The highest BCUT2D eigenvalue weighted by atomic mass is 35.5. The van der Waals surface area contributed by atoms with Crippen LogP contribution in [0.3, 0.4) is 0 Å². The van der Waals surface area contributed by atoms with Crippen molar-refractivity contribution in [1.82, 2.24) is 19.6 Å². The van der Waals surface area contributed by atoms with Gasteiger partial charge < -0.3 is 5.32 Å². The van der Waals surface area contributed by atoms with Crippen LogP contribution in [0.5, 0.6) is 0 Å². The number of aryl methyl sites for hydroxylation is 2. The number of aromatic nitrogens is 4. The minimum atomic E-state index is -0.317. The molecule has 1 amide bonds. The van der Waals surface area contributed by atoms with E-state index in [-0.39, 0.29) is 11.7 Å². The first-order chi connectivity index (χ1) is 11.8. The van der Waals surface area contributed by atoms with Crippen molar-refractivity contribution in [2.24, 2.45) is 7.05 Å². The molecule has 6 nitrogen and oxygen atoms in total. The van der Waals surface area contributed by atoms with Gasteiger partial charge >= 0.3 is 0 Å². The molecule has 0 saturated carbocycles. The molecule has 1 aromatic carbocycles. The van der Waals surface area contributed by atoms with Gasteiger partial charge in [0.1, 0.15) is 5.02 Å². The molecule has 25 heavy (non-hydrogen) atoms. The molecule has 0 aliphatic rings. The summed E-state index contributed by atoms with van der Waals surface area (Å²) in [5.41, 5.74) is 1.93. The molecule has 3 rings (SSSR count). The van der Waals surface area contributed by atoms with Crippen LogP contribution in [0.4, 0.5) is 5.82 Å². The summed E-state index contributed by atoms with van der Waals surface area (Å²) >= 11 is 18.2. The zero-order valence-electron chi connectivity index (χ0n) is 13.4. The Morgan fingerprint density at radius 3 is 2.56 bits per heavy atom. The lowest BCUT2D eigenvalue weighted by Gasteiger charge is -2.05. The Hall–Kier alpha value is -2.02. The first kappa shape index (κ1) is 17.8. The second-order valence-corrected chi connectivity index (χ2v) is 6.77. The van der Waals surface area contributed by atoms with E-state index in [1.807, 2.05) is 6.07 Å². The third-order valence-electron chi connectivity index (χ3n) is 3.55. The average molecular weight is 399 g/mol. The third-order valence-corrected chi connectivity index (χ3v) is 4.42. The normalized spacial score (nSPS) is 10.9. The summed E-state index contributed by atoms with van der Waals surface area (Å²) in [4.78, 5) is 12.4. The summed E-state index contributed by atoms with van der Waals surface area (Å²) in [6, 6.07) is 5.23. The van der Waals surface area contributed by atoms with Gasteiger partial charge in [-0.2, -0.15) is 10.2 Å². The van der Waals surface area contributed by atoms with Gasteiger partial charge in [-0.3, -0.25) is 14.2 Å². The van der Waals surface area contributed by atoms with Crippen molar-refractivity contribution in [3.8, 4) is 0 Å². The Bertz CT molecular complexity index is 947. The van der Waals surface area contributed by atoms with Crippen molar-refractivity contribution in [2.75, 3.05) is 5.32 Å². The largest absolute Gasteiger partial charge is 0.304 e. The molecule has 2 aromatic heterocycles. The molecule has 130 valence electrons. The minimum Gasteiger partial charge on any atom is -0.304 e. The van der Waals surface area contributed by atoms with Crippen molar-refractivity contribution in [3.63, 3.8) is 0 Å². The number of halogens is 3. The molecular formula is C16H14Cl3N5O. The molecule has 0 saturated heterocycles. The average Bonchev–Trinajstić information content (AvgIpc) is 3.04. The van der Waals surface area contributed by atoms with Crippen LogP contribution in [0.1, 0.15) is 21.6 Å². The Labute approximate surface area is 159 Å². The zero-order chi connectivity index (χ0) is 18.1. The molecule has 1 N–H and O–H groups in total. The van der Waals surface area contributed by atoms with E-state index in [0.717, 1.165) is 5.56 Å². The number of hydrogen-bond donors (Lipinski definition) is 1. The van der Waals surface area contributed by atoms with Gasteiger partial charge in [-0.15, -0.1) is 0 Å². The number of anilines is 1. The predicted molar refractivity (Wildman–Crippen MR) is 98.7 cm³/mol. The minimum absolute atomic E-state index is 0.278. The van der Waals surface area contributed by atoms with E-state index in [9.17, 15) is 4.79 Å². The van der Waals surface area contributed by atoms with Crippen LogP contribution >= 0.6 is 34.8 Å². The van der Waals surface area contributed by atoms with Gasteiger partial charge in [-0.1, -0.05) is 40.9 Å². The first-order valence-electron chi connectivity index (χ1n) is 7.32. The molecule has 0 fully saturated rings. The van der Waals surface area contributed by atoms with E-state index < -0.39 is 0 Å². The van der Waals surface area contributed by atoms with Crippen LogP contribution in [0.15, 0.2) is 30.6 Å². The third kappa shape index (κ3) is 3.98. The standard InChI is InChI=1S/C16H14Cl3N5O/c1-9-12(7-23(2)21-9)16(25)20-15-14(19)8-24(22-15)6-10-3-4-11(17)5-13(10)18/h3-5,7-8H,6H2,1-2H3,(H,20,22,25). The summed E-state index contributed by atoms with van der Waals surface area (Å²) in [5.74, 6) is -0.0396. The van der Waals surface area contributed by atoms with Gasteiger partial charge in [0.05, 0.1) is 17.8 Å². The lowest BCUT2D eigenvalue weighted by Crippen LogP contribution is -2.13. The molecule has 0 aliphatic heterocycles. The van der Waals surface area contributed by atoms with Crippen molar-refractivity contribution in [2.45, 2.75) is 13.5 Å². The lowest BCUT2D eigenvalue weighted by molar-refractivity contribution is 0.102. The number of carbonyl (C=O) groups excluding carboxylic acids is 1. The number of hydrogen-bond acceptors (Lipinski definition) is 3. The summed E-state index contributed by atoms with van der Waals surface area (Å²) in [5, 5.41) is 12.6. The number of benzene rings is 1. The van der Waals surface area contributed by atoms with Gasteiger partial charge in [0.25, 0.3) is 5.91 Å². The number of carbonyl (C=O) groups is 1. The highest BCUT2D eigenvalue weighted by molar-refractivity contribution is 6.35. The molecule has 0 atom stereocenters. The lowest BCUT2D eigenvalue weighted by atomic mass is 10.2. The molecule has 0 bridgehead atoms. The Morgan fingerprint density at radius 1 is 1.16 bits per heavy atom. The fraction of sp³-hybridized carbons (Fsp3) is 0.188. The zero-order valence-corrected chi connectivity index (χ0v) is 15.7. The van der Waals surface area contributed by atoms with Crippen molar-refractivity contribution in [1.29, 1.82) is 0 Å². The van der Waals surface area contributed by atoms with Crippen LogP contribution in [-0.2, 0) is 13.6 Å². The van der Waals surface area contributed by atoms with Gasteiger partial charge in [-0.05, 0) is 24.6 Å². The highest BCUT2D eigenvalue weighted by Crippen LogP contribution is 2.24. The molecule has 0 radical (unpaired) electrons. The summed E-state index contributed by atoms with van der Waals surface area (Å²) in [6.07, 6.45) is 3.27. The van der Waals surface area contributed by atoms with Crippen molar-refractivity contribution >= 4 is 46.5 Å². The summed E-state index contributed by atoms with van der Waals surface area (Å²) in [7, 11) is 1.75. The fourth-order valence-corrected chi connectivity index (χ4v) is 3.05. The van der Waals surface area contributed by atoms with E-state index in [2.05, 4.69) is 15.5 Å². The van der Waals surface area contributed by atoms with Gasteiger partial charge in [0.2, 0.25) is 0 Å². The Kier molecular flexibility index (Phi) is 5.03. The highest BCUT2D eigenvalue weighted by Gasteiger charge is 2.16. The van der Waals surface area contributed by atoms with Gasteiger partial charge in [0, 0.05) is 29.5 Å². The van der Waals surface area contributed by atoms with E-state index in [4.69, 9.17) is 34.8 Å². The molecule has 0 unspecified atom stereocenters. The molecule has 0 aliphatic carbocycles. The predicted octanol–water partition coefficient (Wildman–Crippen LogP) is 4.19. The molecule has 3 aromatic rings. The first-order valence-corrected chi connectivity index (χ1v) is 8.45. The SMILES string of the molecule is Cc1nn(C)cc1C(=O)Nc1nn(Cc2ccc(Cl)cc2Cl)cc1Cl. The van der Waals surface area contributed by atoms with E-state index in [1.54, 1.807) is 47.9 Å².